The molecule has 0 aromatic rings. The summed E-state index contributed by atoms with van der Waals surface area (Å²) in [7, 11) is 0. The lowest BCUT2D eigenvalue weighted by Gasteiger charge is -2.66. The van der Waals surface area contributed by atoms with Crippen molar-refractivity contribution in [1.82, 2.24) is 0 Å². The molecule has 6 nitrogen and oxygen atoms in total. The topological polar surface area (TPSA) is 99.4 Å². The number of aliphatic hydroxyl groups is 4. The van der Waals surface area contributed by atoms with E-state index in [9.17, 15) is 20.4 Å². The van der Waals surface area contributed by atoms with Crippen LogP contribution in [0.25, 0.3) is 0 Å². The highest BCUT2D eigenvalue weighted by Crippen LogP contribution is 2.71. The van der Waals surface area contributed by atoms with Crippen molar-refractivity contribution in [1.29, 1.82) is 0 Å². The number of aliphatic hydroxyl groups excluding tert-OH is 3. The lowest BCUT2D eigenvalue weighted by molar-refractivity contribution is -0.300. The second kappa shape index (κ2) is 7.04. The summed E-state index contributed by atoms with van der Waals surface area (Å²) < 4.78 is 13.1. The Bertz CT molecular complexity index is 834. The van der Waals surface area contributed by atoms with Crippen molar-refractivity contribution in [3.05, 3.63) is 12.2 Å². The fourth-order valence-corrected chi connectivity index (χ4v) is 10.2. The Hall–Kier alpha value is -0.500. The third kappa shape index (κ3) is 2.66. The summed E-state index contributed by atoms with van der Waals surface area (Å²) in [6.45, 7) is 11.4. The molecule has 4 saturated carbocycles. The minimum absolute atomic E-state index is 0.127. The molecule has 0 aromatic carbocycles. The lowest BCUT2D eigenvalue weighted by atomic mass is 9.41. The van der Waals surface area contributed by atoms with Crippen LogP contribution in [0.5, 0.6) is 0 Å². The van der Waals surface area contributed by atoms with E-state index >= 15 is 0 Å². The van der Waals surface area contributed by atoms with Crippen LogP contribution in [0.3, 0.4) is 0 Å². The van der Waals surface area contributed by atoms with Crippen LogP contribution in [-0.2, 0) is 9.47 Å². The minimum Gasteiger partial charge on any atom is -0.392 e. The molecule has 0 aromatic heterocycles. The van der Waals surface area contributed by atoms with E-state index in [0.717, 1.165) is 44.1 Å². The van der Waals surface area contributed by atoms with Gasteiger partial charge in [0, 0.05) is 24.2 Å². The van der Waals surface area contributed by atoms with Crippen molar-refractivity contribution in [2.24, 2.45) is 40.4 Å². The molecular weight excluding hydrogens is 420 g/mol. The predicted molar refractivity (Wildman–Crippen MR) is 122 cm³/mol. The molecule has 0 amide bonds. The number of rotatable bonds is 0. The van der Waals surface area contributed by atoms with Crippen LogP contribution in [0, 0.1) is 40.4 Å². The predicted octanol–water partition coefficient (Wildman–Crippen LogP) is 2.77. The minimum atomic E-state index is -1.44. The van der Waals surface area contributed by atoms with Crippen LogP contribution in [0.4, 0.5) is 0 Å². The molecular formula is C27H42O6. The Morgan fingerprint density at radius 2 is 1.76 bits per heavy atom. The molecule has 0 radical (unpaired) electrons. The Labute approximate surface area is 197 Å². The fourth-order valence-electron chi connectivity index (χ4n) is 10.2. The molecule has 6 heteroatoms. The highest BCUT2D eigenvalue weighted by Gasteiger charge is 2.73. The summed E-state index contributed by atoms with van der Waals surface area (Å²) >= 11 is 0. The van der Waals surface area contributed by atoms with Crippen molar-refractivity contribution in [2.45, 2.75) is 108 Å². The standard InChI is InChI=1S/C27H42O6/c1-14-5-10-27(32-13-14)15(2)22-20(33-27)11-18-16-6-9-26(31)23(30)19(28)12-21(29)25(26,4)17(16)7-8-24(18,22)3/h15-23,28-31H,1,5-13H2,2-4H3/t15-,16+,17-,18+,19-,20-,21+,22-,23-,24-,25-,26-,27+/m0/s1. The normalized spacial score (nSPS) is 62.5. The summed E-state index contributed by atoms with van der Waals surface area (Å²) in [5, 5.41) is 44.0. The Morgan fingerprint density at radius 1 is 1.00 bits per heavy atom. The average molecular weight is 463 g/mol. The van der Waals surface area contributed by atoms with E-state index in [-0.39, 0.29) is 23.9 Å². The Morgan fingerprint density at radius 3 is 2.45 bits per heavy atom. The van der Waals surface area contributed by atoms with Crippen LogP contribution in [0.1, 0.15) is 72.1 Å². The zero-order valence-corrected chi connectivity index (χ0v) is 20.4. The zero-order valence-electron chi connectivity index (χ0n) is 20.4. The van der Waals surface area contributed by atoms with E-state index < -0.39 is 35.1 Å². The summed E-state index contributed by atoms with van der Waals surface area (Å²) in [4.78, 5) is 0. The molecule has 2 aliphatic heterocycles. The Kier molecular flexibility index (Phi) is 4.89. The van der Waals surface area contributed by atoms with E-state index in [1.807, 2.05) is 6.92 Å². The van der Waals surface area contributed by atoms with Crippen molar-refractivity contribution >= 4 is 0 Å². The maximum absolute atomic E-state index is 11.7. The van der Waals surface area contributed by atoms with Gasteiger partial charge >= 0.3 is 0 Å². The van der Waals surface area contributed by atoms with Gasteiger partial charge in [0.15, 0.2) is 5.79 Å². The molecule has 2 saturated heterocycles. The molecule has 6 rings (SSSR count). The quantitative estimate of drug-likeness (QED) is 0.413. The smallest absolute Gasteiger partial charge is 0.172 e. The monoisotopic (exact) mass is 462 g/mol. The van der Waals surface area contributed by atoms with Gasteiger partial charge in [0.2, 0.25) is 0 Å². The maximum Gasteiger partial charge on any atom is 0.172 e. The largest absolute Gasteiger partial charge is 0.392 e. The summed E-state index contributed by atoms with van der Waals surface area (Å²) in [5.41, 5.74) is -0.955. The van der Waals surface area contributed by atoms with Gasteiger partial charge < -0.3 is 29.9 Å². The van der Waals surface area contributed by atoms with Gasteiger partial charge in [-0.15, -0.1) is 0 Å². The highest BCUT2D eigenvalue weighted by atomic mass is 16.7. The molecule has 4 aliphatic carbocycles. The van der Waals surface area contributed by atoms with Crippen LogP contribution in [-0.4, -0.2) is 62.8 Å². The molecule has 13 atom stereocenters. The second-order valence-electron chi connectivity index (χ2n) is 13.0. The summed E-state index contributed by atoms with van der Waals surface area (Å²) in [6.07, 6.45) is 3.30. The number of hydrogen-bond acceptors (Lipinski definition) is 6. The van der Waals surface area contributed by atoms with Gasteiger partial charge in [-0.05, 0) is 67.6 Å². The van der Waals surface area contributed by atoms with Crippen LogP contribution in [0.15, 0.2) is 12.2 Å². The van der Waals surface area contributed by atoms with E-state index in [4.69, 9.17) is 9.47 Å². The molecule has 33 heavy (non-hydrogen) atoms. The van der Waals surface area contributed by atoms with E-state index in [2.05, 4.69) is 20.4 Å². The first-order valence-corrected chi connectivity index (χ1v) is 13.2. The Balaban J connectivity index is 1.30. The summed E-state index contributed by atoms with van der Waals surface area (Å²) in [6, 6.07) is 0. The molecule has 0 unspecified atom stereocenters. The molecule has 186 valence electrons. The zero-order chi connectivity index (χ0) is 23.6. The van der Waals surface area contributed by atoms with E-state index in [1.54, 1.807) is 0 Å². The molecule has 6 fully saturated rings. The van der Waals surface area contributed by atoms with E-state index in [0.29, 0.717) is 36.7 Å². The van der Waals surface area contributed by atoms with Gasteiger partial charge in [0.25, 0.3) is 0 Å². The first-order chi connectivity index (χ1) is 15.5. The van der Waals surface area contributed by atoms with Gasteiger partial charge in [-0.3, -0.25) is 0 Å². The van der Waals surface area contributed by atoms with E-state index in [1.165, 1.54) is 0 Å². The number of fused-ring (bicyclic) bond motifs is 7. The van der Waals surface area contributed by atoms with Crippen LogP contribution >= 0.6 is 0 Å². The van der Waals surface area contributed by atoms with Gasteiger partial charge in [0.05, 0.1) is 24.9 Å². The molecule has 6 aliphatic rings. The SMILES string of the molecule is C=C1CC[C@@]2(OC1)O[C@H]1C[C@@H]3[C@@H]4CC[C@]5(O)[C@@H](O)[C@@H](O)C[C@@H](O)[C@]5(C)[C@H]4CC[C@]3(C)[C@H]1[C@@H]2C. The average Bonchev–Trinajstić information content (AvgIpc) is 3.22. The molecule has 0 bridgehead atoms. The lowest BCUT2D eigenvalue weighted by Crippen LogP contribution is -2.73. The summed E-state index contributed by atoms with van der Waals surface area (Å²) in [5.74, 6) is 1.30. The molecule has 4 N–H and O–H groups in total. The van der Waals surface area contributed by atoms with Gasteiger partial charge in [-0.25, -0.2) is 0 Å². The number of ether oxygens (including phenoxy) is 2. The number of hydrogen-bond donors (Lipinski definition) is 4. The third-order valence-corrected chi connectivity index (χ3v) is 12.0. The van der Waals surface area contributed by atoms with Gasteiger partial charge in [-0.2, -0.15) is 0 Å². The van der Waals surface area contributed by atoms with Crippen molar-refractivity contribution in [3.63, 3.8) is 0 Å². The fraction of sp³-hybridized carbons (Fsp3) is 0.926. The third-order valence-electron chi connectivity index (χ3n) is 12.0. The second-order valence-corrected chi connectivity index (χ2v) is 13.0. The van der Waals surface area contributed by atoms with Crippen molar-refractivity contribution in [3.8, 4) is 0 Å². The van der Waals surface area contributed by atoms with Gasteiger partial charge in [-0.1, -0.05) is 32.9 Å². The van der Waals surface area contributed by atoms with Crippen LogP contribution < -0.4 is 0 Å². The van der Waals surface area contributed by atoms with Crippen molar-refractivity contribution in [2.75, 3.05) is 6.61 Å². The molecule has 2 heterocycles. The first-order valence-electron chi connectivity index (χ1n) is 13.2. The maximum atomic E-state index is 11.7. The highest BCUT2D eigenvalue weighted by molar-refractivity contribution is 5.21. The first kappa shape index (κ1) is 22.9. The van der Waals surface area contributed by atoms with Crippen LogP contribution in [0.2, 0.25) is 0 Å². The van der Waals surface area contributed by atoms with Gasteiger partial charge in [0.1, 0.15) is 11.7 Å². The van der Waals surface area contributed by atoms with Crippen molar-refractivity contribution < 1.29 is 29.9 Å². The molecule has 1 spiro atoms.